The fourth-order valence-electron chi connectivity index (χ4n) is 1.72. The number of amides is 1. The number of carbonyl (C=O) groups excluding carboxylic acids is 1. The summed E-state index contributed by atoms with van der Waals surface area (Å²) in [5.74, 6) is 0.219. The molecule has 3 nitrogen and oxygen atoms in total. The van der Waals surface area contributed by atoms with Crippen molar-refractivity contribution < 1.29 is 9.53 Å². The number of allylic oxidation sites excluding steroid dienone is 2. The van der Waals surface area contributed by atoms with E-state index < -0.39 is 0 Å². The van der Waals surface area contributed by atoms with Gasteiger partial charge in [0.1, 0.15) is 0 Å². The Hall–Kier alpha value is -2.03. The third kappa shape index (κ3) is 2.56. The van der Waals surface area contributed by atoms with E-state index in [9.17, 15) is 4.79 Å². The second-order valence-electron chi connectivity index (χ2n) is 4.00. The first kappa shape index (κ1) is 11.5. The predicted octanol–water partition coefficient (Wildman–Crippen LogP) is 3.19. The Morgan fingerprint density at radius 1 is 1.18 bits per heavy atom. The monoisotopic (exact) mass is 229 g/mol. The molecule has 1 aliphatic rings. The average Bonchev–Trinajstić information content (AvgIpc) is 2.39. The predicted molar refractivity (Wildman–Crippen MR) is 66.4 cm³/mol. The summed E-state index contributed by atoms with van der Waals surface area (Å²) in [5.41, 5.74) is 2.46. The summed E-state index contributed by atoms with van der Waals surface area (Å²) < 4.78 is 4.63. The molecule has 1 aliphatic heterocycles. The van der Waals surface area contributed by atoms with E-state index in [0.29, 0.717) is 0 Å². The maximum Gasteiger partial charge on any atom is 0.417 e. The zero-order valence-corrected chi connectivity index (χ0v) is 9.96. The first-order chi connectivity index (χ1) is 8.20. The Morgan fingerprint density at radius 2 is 1.76 bits per heavy atom. The summed E-state index contributed by atoms with van der Waals surface area (Å²) in [6.07, 6.45) is 7.04. The van der Waals surface area contributed by atoms with Crippen LogP contribution in [0.3, 0.4) is 0 Å². The van der Waals surface area contributed by atoms with Gasteiger partial charge in [0, 0.05) is 18.3 Å². The smallest absolute Gasteiger partial charge is 0.417 e. The van der Waals surface area contributed by atoms with Gasteiger partial charge >= 0.3 is 6.09 Å². The van der Waals surface area contributed by atoms with Gasteiger partial charge in [-0.15, -0.1) is 0 Å². The molecule has 1 amide bonds. The summed E-state index contributed by atoms with van der Waals surface area (Å²) in [7, 11) is 1.37. The number of hydrogen-bond acceptors (Lipinski definition) is 2. The molecular formula is C14H15NO2. The topological polar surface area (TPSA) is 29.5 Å². The quantitative estimate of drug-likeness (QED) is 0.740. The summed E-state index contributed by atoms with van der Waals surface area (Å²) in [5, 5.41) is 0. The van der Waals surface area contributed by atoms with Crippen LogP contribution in [0.25, 0.3) is 0 Å². The average molecular weight is 229 g/mol. The summed E-state index contributed by atoms with van der Waals surface area (Å²) in [4.78, 5) is 12.7. The number of rotatable bonds is 1. The molecule has 0 radical (unpaired) electrons. The van der Waals surface area contributed by atoms with Crippen LogP contribution in [0.2, 0.25) is 0 Å². The molecule has 0 unspecified atom stereocenters. The van der Waals surface area contributed by atoms with Gasteiger partial charge in [0.05, 0.1) is 7.11 Å². The molecule has 0 bridgehead atoms. The second-order valence-corrected chi connectivity index (χ2v) is 4.00. The van der Waals surface area contributed by atoms with E-state index in [1.165, 1.54) is 23.1 Å². The second kappa shape index (κ2) is 4.87. The lowest BCUT2D eigenvalue weighted by Gasteiger charge is -2.19. The summed E-state index contributed by atoms with van der Waals surface area (Å²) in [6, 6.07) is 8.37. The molecule has 0 saturated carbocycles. The Labute approximate surface area is 101 Å². The van der Waals surface area contributed by atoms with Crippen LogP contribution in [0.5, 0.6) is 0 Å². The molecule has 0 aliphatic carbocycles. The molecule has 0 spiro atoms. The zero-order chi connectivity index (χ0) is 12.3. The van der Waals surface area contributed by atoms with E-state index in [2.05, 4.69) is 35.9 Å². The van der Waals surface area contributed by atoms with Crippen LogP contribution in [0.1, 0.15) is 17.0 Å². The Bertz CT molecular complexity index is 446. The highest BCUT2D eigenvalue weighted by Gasteiger charge is 2.13. The Morgan fingerprint density at radius 3 is 2.29 bits per heavy atom. The van der Waals surface area contributed by atoms with Crippen LogP contribution in [-0.2, 0) is 4.74 Å². The van der Waals surface area contributed by atoms with Crippen molar-refractivity contribution in [2.45, 2.75) is 12.8 Å². The molecular weight excluding hydrogens is 214 g/mol. The van der Waals surface area contributed by atoms with Gasteiger partial charge in [-0.05, 0) is 12.5 Å². The number of hydrogen-bond donors (Lipinski definition) is 0. The third-order valence-corrected chi connectivity index (χ3v) is 2.76. The van der Waals surface area contributed by atoms with Gasteiger partial charge in [-0.2, -0.15) is 0 Å². The van der Waals surface area contributed by atoms with Gasteiger partial charge in [-0.3, -0.25) is 4.90 Å². The normalized spacial score (nSPS) is 15.1. The van der Waals surface area contributed by atoms with E-state index in [0.717, 1.165) is 0 Å². The minimum atomic E-state index is -0.375. The minimum Gasteiger partial charge on any atom is -0.452 e. The van der Waals surface area contributed by atoms with Crippen molar-refractivity contribution in [1.82, 2.24) is 4.90 Å². The molecule has 0 N–H and O–H groups in total. The molecule has 3 heteroatoms. The van der Waals surface area contributed by atoms with Crippen LogP contribution in [-0.4, -0.2) is 18.1 Å². The van der Waals surface area contributed by atoms with Crippen molar-refractivity contribution >= 4 is 6.09 Å². The molecule has 1 aromatic carbocycles. The first-order valence-corrected chi connectivity index (χ1v) is 5.50. The van der Waals surface area contributed by atoms with Crippen molar-refractivity contribution in [3.8, 4) is 0 Å². The van der Waals surface area contributed by atoms with E-state index in [1.54, 1.807) is 12.4 Å². The van der Waals surface area contributed by atoms with Crippen LogP contribution >= 0.6 is 0 Å². The fourth-order valence-corrected chi connectivity index (χ4v) is 1.72. The van der Waals surface area contributed by atoms with Gasteiger partial charge in [0.25, 0.3) is 0 Å². The molecule has 1 aromatic rings. The lowest BCUT2D eigenvalue weighted by atomic mass is 9.97. The molecule has 0 fully saturated rings. The fraction of sp³-hybridized carbons (Fsp3) is 0.214. The minimum absolute atomic E-state index is 0.219. The first-order valence-electron chi connectivity index (χ1n) is 5.50. The lowest BCUT2D eigenvalue weighted by Crippen LogP contribution is -2.21. The van der Waals surface area contributed by atoms with Crippen LogP contribution in [0.4, 0.5) is 4.79 Å². The van der Waals surface area contributed by atoms with Gasteiger partial charge in [-0.25, -0.2) is 4.79 Å². The van der Waals surface area contributed by atoms with Crippen molar-refractivity contribution in [2.24, 2.45) is 0 Å². The highest BCUT2D eigenvalue weighted by Crippen LogP contribution is 2.23. The van der Waals surface area contributed by atoms with Crippen LogP contribution in [0.15, 0.2) is 48.8 Å². The van der Waals surface area contributed by atoms with Gasteiger partial charge in [-0.1, -0.05) is 42.0 Å². The maximum absolute atomic E-state index is 11.3. The molecule has 2 rings (SSSR count). The SMILES string of the molecule is COC(=O)N1C=CC(c2ccc(C)cc2)C=C1. The number of ether oxygens (including phenoxy) is 1. The van der Waals surface area contributed by atoms with Crippen LogP contribution < -0.4 is 0 Å². The zero-order valence-electron chi connectivity index (χ0n) is 9.96. The highest BCUT2D eigenvalue weighted by atomic mass is 16.5. The van der Waals surface area contributed by atoms with E-state index in [-0.39, 0.29) is 12.0 Å². The number of methoxy groups -OCH3 is 1. The lowest BCUT2D eigenvalue weighted by molar-refractivity contribution is 0.151. The number of benzene rings is 1. The van der Waals surface area contributed by atoms with E-state index in [4.69, 9.17) is 0 Å². The maximum atomic E-state index is 11.3. The molecule has 0 saturated heterocycles. The van der Waals surface area contributed by atoms with Gasteiger partial charge < -0.3 is 4.74 Å². The highest BCUT2D eigenvalue weighted by molar-refractivity contribution is 5.70. The summed E-state index contributed by atoms with van der Waals surface area (Å²) >= 11 is 0. The molecule has 1 heterocycles. The van der Waals surface area contributed by atoms with Gasteiger partial charge in [0.15, 0.2) is 0 Å². The molecule has 0 aromatic heterocycles. The van der Waals surface area contributed by atoms with Crippen LogP contribution in [0, 0.1) is 6.92 Å². The molecule has 17 heavy (non-hydrogen) atoms. The molecule has 0 atom stereocenters. The van der Waals surface area contributed by atoms with Crippen molar-refractivity contribution in [2.75, 3.05) is 7.11 Å². The number of carbonyl (C=O) groups is 1. The number of aryl methyl sites for hydroxylation is 1. The van der Waals surface area contributed by atoms with Gasteiger partial charge in [0.2, 0.25) is 0 Å². The largest absolute Gasteiger partial charge is 0.452 e. The molecule has 88 valence electrons. The van der Waals surface area contributed by atoms with Crippen molar-refractivity contribution in [3.63, 3.8) is 0 Å². The Balaban J connectivity index is 2.10. The van der Waals surface area contributed by atoms with Crippen molar-refractivity contribution in [3.05, 3.63) is 59.9 Å². The third-order valence-electron chi connectivity index (χ3n) is 2.76. The van der Waals surface area contributed by atoms with E-state index in [1.807, 2.05) is 12.2 Å². The summed E-state index contributed by atoms with van der Waals surface area (Å²) in [6.45, 7) is 2.06. The standard InChI is InChI=1S/C14H15NO2/c1-11-3-5-12(6-4-11)13-7-9-15(10-8-13)14(16)17-2/h3-10,13H,1-2H3. The van der Waals surface area contributed by atoms with Crippen molar-refractivity contribution in [1.29, 1.82) is 0 Å². The Kier molecular flexibility index (Phi) is 3.28. The number of nitrogens with zero attached hydrogens (tertiary/aromatic N) is 1. The van der Waals surface area contributed by atoms with E-state index >= 15 is 0 Å².